The molecule has 0 saturated carbocycles. The molecule has 2 aliphatic rings. The fourth-order valence-corrected chi connectivity index (χ4v) is 4.93. The molecule has 1 fully saturated rings. The zero-order valence-corrected chi connectivity index (χ0v) is 23.5. The average Bonchev–Trinajstić information content (AvgIpc) is 2.89. The highest BCUT2D eigenvalue weighted by Crippen LogP contribution is 2.26. The van der Waals surface area contributed by atoms with Crippen LogP contribution in [0.15, 0.2) is 95.7 Å². The summed E-state index contributed by atoms with van der Waals surface area (Å²) in [6.07, 6.45) is 6.63. The van der Waals surface area contributed by atoms with E-state index < -0.39 is 0 Å². The maximum atomic E-state index is 13.2. The number of nitrogens with zero attached hydrogens (tertiary/aromatic N) is 3. The molecule has 0 aliphatic carbocycles. The summed E-state index contributed by atoms with van der Waals surface area (Å²) in [5.74, 6) is -0.0874. The third-order valence-electron chi connectivity index (χ3n) is 6.74. The van der Waals surface area contributed by atoms with Gasteiger partial charge in [0.15, 0.2) is 0 Å². The smallest absolute Gasteiger partial charge is 0.268 e. The molecular weight excluding hydrogens is 482 g/mol. The number of amides is 1. The molecule has 2 unspecified atom stereocenters. The number of nitrogens with one attached hydrogen (secondary N) is 1. The Kier molecular flexibility index (Phi) is 8.67. The molecule has 36 heavy (non-hydrogen) atoms. The molecule has 0 spiro atoms. The van der Waals surface area contributed by atoms with Crippen LogP contribution >= 0.6 is 18.5 Å². The number of hydrogen-bond donors (Lipinski definition) is 1. The van der Waals surface area contributed by atoms with Crippen molar-refractivity contribution in [3.63, 3.8) is 0 Å². The minimum Gasteiger partial charge on any atom is -0.368 e. The summed E-state index contributed by atoms with van der Waals surface area (Å²) in [5.41, 5.74) is 6.05. The molecule has 0 radical (unpaired) electrons. The van der Waals surface area contributed by atoms with E-state index in [9.17, 15) is 4.79 Å². The standard InChI is InChI=1S/C29H36N4OP2/c1-4-21(2)28(33-14-13-27(36)19-22(33)3)29(34)30-20-23-5-7-24(8-6-23)31-15-17-32(18-16-31)25-9-11-26(35)12-10-25/h5-14,19H,3-4,15-18,20,35-36H2,1-2H3,(H,30,34)/b28-21+. The van der Waals surface area contributed by atoms with Crippen molar-refractivity contribution in [2.75, 3.05) is 36.0 Å². The van der Waals surface area contributed by atoms with Crippen LogP contribution < -0.4 is 20.4 Å². The van der Waals surface area contributed by atoms with Crippen LogP contribution in [0.1, 0.15) is 25.8 Å². The molecule has 5 nitrogen and oxygen atoms in total. The molecule has 2 aromatic carbocycles. The molecule has 1 amide bonds. The Hall–Kier alpha value is -2.87. The number of piperazine rings is 1. The first-order chi connectivity index (χ1) is 17.4. The van der Waals surface area contributed by atoms with E-state index in [4.69, 9.17) is 0 Å². The van der Waals surface area contributed by atoms with Crippen molar-refractivity contribution >= 4 is 41.1 Å². The number of rotatable bonds is 7. The van der Waals surface area contributed by atoms with E-state index in [-0.39, 0.29) is 5.91 Å². The van der Waals surface area contributed by atoms with Crippen LogP contribution in [-0.2, 0) is 11.3 Å². The van der Waals surface area contributed by atoms with Crippen molar-refractivity contribution in [1.82, 2.24) is 10.2 Å². The minimum atomic E-state index is -0.0874. The van der Waals surface area contributed by atoms with Crippen LogP contribution in [0.25, 0.3) is 0 Å². The van der Waals surface area contributed by atoms with Crippen LogP contribution in [0.2, 0.25) is 0 Å². The fraction of sp³-hybridized carbons (Fsp3) is 0.276. The van der Waals surface area contributed by atoms with E-state index in [1.807, 2.05) is 30.2 Å². The molecular formula is C29H36N4OP2. The van der Waals surface area contributed by atoms with E-state index in [1.165, 1.54) is 16.7 Å². The highest BCUT2D eigenvalue weighted by atomic mass is 31.0. The van der Waals surface area contributed by atoms with Crippen LogP contribution in [0.5, 0.6) is 0 Å². The largest absolute Gasteiger partial charge is 0.368 e. The zero-order valence-electron chi connectivity index (χ0n) is 21.2. The van der Waals surface area contributed by atoms with Crippen LogP contribution in [0.3, 0.4) is 0 Å². The molecule has 7 heteroatoms. The molecule has 1 N–H and O–H groups in total. The number of allylic oxidation sites excluding steroid dienone is 4. The summed E-state index contributed by atoms with van der Waals surface area (Å²) in [6, 6.07) is 17.2. The summed E-state index contributed by atoms with van der Waals surface area (Å²) in [4.78, 5) is 19.9. The predicted octanol–water partition coefficient (Wildman–Crippen LogP) is 4.92. The van der Waals surface area contributed by atoms with Gasteiger partial charge in [-0.2, -0.15) is 0 Å². The SMILES string of the molecule is C=C1C=C(P)C=CN1/C(C(=O)NCc1ccc(N2CCN(c3ccc(P)cc3)CC2)cc1)=C(\C)CC. The highest BCUT2D eigenvalue weighted by molar-refractivity contribution is 7.27. The Labute approximate surface area is 220 Å². The van der Waals surface area contributed by atoms with Gasteiger partial charge in [0.2, 0.25) is 0 Å². The first-order valence-corrected chi connectivity index (χ1v) is 13.6. The fourth-order valence-electron chi connectivity index (χ4n) is 4.46. The van der Waals surface area contributed by atoms with Crippen molar-refractivity contribution in [1.29, 1.82) is 0 Å². The van der Waals surface area contributed by atoms with Crippen molar-refractivity contribution in [2.24, 2.45) is 0 Å². The van der Waals surface area contributed by atoms with Crippen molar-refractivity contribution in [3.8, 4) is 0 Å². The van der Waals surface area contributed by atoms with Gasteiger partial charge in [0.05, 0.1) is 0 Å². The van der Waals surface area contributed by atoms with Crippen LogP contribution in [0, 0.1) is 0 Å². The maximum absolute atomic E-state index is 13.2. The van der Waals surface area contributed by atoms with Gasteiger partial charge in [0, 0.05) is 56.0 Å². The number of carbonyl (C=O) groups excluding carboxylic acids is 1. The summed E-state index contributed by atoms with van der Waals surface area (Å²) in [5, 5.41) is 5.36. The van der Waals surface area contributed by atoms with Gasteiger partial charge in [0.25, 0.3) is 5.91 Å². The quantitative estimate of drug-likeness (QED) is 0.418. The maximum Gasteiger partial charge on any atom is 0.268 e. The van der Waals surface area contributed by atoms with Crippen LogP contribution in [0.4, 0.5) is 11.4 Å². The van der Waals surface area contributed by atoms with E-state index in [0.717, 1.165) is 54.7 Å². The third kappa shape index (κ3) is 6.27. The van der Waals surface area contributed by atoms with Crippen molar-refractivity contribution < 1.29 is 4.79 Å². The van der Waals surface area contributed by atoms with Gasteiger partial charge in [-0.1, -0.05) is 37.8 Å². The van der Waals surface area contributed by atoms with E-state index in [0.29, 0.717) is 12.2 Å². The van der Waals surface area contributed by atoms with Gasteiger partial charge in [-0.25, -0.2) is 0 Å². The third-order valence-corrected chi connectivity index (χ3v) is 7.49. The number of carbonyl (C=O) groups is 1. The number of hydrogen-bond acceptors (Lipinski definition) is 4. The number of anilines is 2. The first kappa shape index (κ1) is 26.2. The van der Waals surface area contributed by atoms with Crippen LogP contribution in [-0.4, -0.2) is 37.0 Å². The van der Waals surface area contributed by atoms with Gasteiger partial charge < -0.3 is 20.0 Å². The lowest BCUT2D eigenvalue weighted by Gasteiger charge is -2.37. The monoisotopic (exact) mass is 518 g/mol. The summed E-state index contributed by atoms with van der Waals surface area (Å²) in [6.45, 7) is 12.7. The summed E-state index contributed by atoms with van der Waals surface area (Å²) >= 11 is 0. The van der Waals surface area contributed by atoms with E-state index in [1.54, 1.807) is 0 Å². The lowest BCUT2D eigenvalue weighted by atomic mass is 10.1. The summed E-state index contributed by atoms with van der Waals surface area (Å²) in [7, 11) is 5.41. The minimum absolute atomic E-state index is 0.0874. The van der Waals surface area contributed by atoms with Gasteiger partial charge in [-0.15, -0.1) is 18.5 Å². The average molecular weight is 519 g/mol. The Morgan fingerprint density at radius 2 is 1.50 bits per heavy atom. The molecule has 0 bridgehead atoms. The van der Waals surface area contributed by atoms with Gasteiger partial charge in [-0.3, -0.25) is 4.79 Å². The molecule has 0 aromatic heterocycles. The molecule has 4 rings (SSSR count). The topological polar surface area (TPSA) is 38.8 Å². The Morgan fingerprint density at radius 1 is 0.944 bits per heavy atom. The molecule has 1 saturated heterocycles. The zero-order chi connectivity index (χ0) is 25.7. The Morgan fingerprint density at radius 3 is 2.03 bits per heavy atom. The molecule has 2 aromatic rings. The first-order valence-electron chi connectivity index (χ1n) is 12.4. The van der Waals surface area contributed by atoms with Crippen molar-refractivity contribution in [2.45, 2.75) is 26.8 Å². The second-order valence-corrected chi connectivity index (χ2v) is 10.6. The highest BCUT2D eigenvalue weighted by Gasteiger charge is 2.22. The number of benzene rings is 2. The molecule has 2 heterocycles. The molecule has 2 aliphatic heterocycles. The second-order valence-electron chi connectivity index (χ2n) is 9.22. The second kappa shape index (κ2) is 11.9. The lowest BCUT2D eigenvalue weighted by molar-refractivity contribution is -0.118. The molecule has 2 atom stereocenters. The normalized spacial score (nSPS) is 16.6. The van der Waals surface area contributed by atoms with E-state index >= 15 is 0 Å². The molecule has 188 valence electrons. The predicted molar refractivity (Wildman–Crippen MR) is 159 cm³/mol. The van der Waals surface area contributed by atoms with Gasteiger partial charge in [0.1, 0.15) is 5.70 Å². The Balaban J connectivity index is 1.34. The summed E-state index contributed by atoms with van der Waals surface area (Å²) < 4.78 is 0. The van der Waals surface area contributed by atoms with Gasteiger partial charge >= 0.3 is 0 Å². The lowest BCUT2D eigenvalue weighted by Crippen LogP contribution is -2.46. The van der Waals surface area contributed by atoms with Gasteiger partial charge in [-0.05, 0) is 71.5 Å². The van der Waals surface area contributed by atoms with Crippen molar-refractivity contribution in [3.05, 3.63) is 101 Å². The Bertz CT molecular complexity index is 1190. The van der Waals surface area contributed by atoms with E-state index in [2.05, 4.69) is 95.6 Å².